The average molecular weight is 1140 g/mol. The van der Waals surface area contributed by atoms with Crippen LogP contribution in [0.15, 0.2) is 60.4 Å². The monoisotopic (exact) mass is 1140 g/mol. The maximum Gasteiger partial charge on any atom is 0.326 e. The number of hydrogen-bond acceptors (Lipinski definition) is 14. The van der Waals surface area contributed by atoms with Crippen molar-refractivity contribution in [2.45, 2.75) is 126 Å². The van der Waals surface area contributed by atoms with E-state index in [4.69, 9.17) is 74.5 Å². The van der Waals surface area contributed by atoms with Crippen LogP contribution in [0.3, 0.4) is 0 Å². The molecule has 1 heterocycles. The maximum absolute atomic E-state index is 14.8. The molecular formula is C47H84N26O8. The van der Waals surface area contributed by atoms with Gasteiger partial charge in [0.05, 0.1) is 6.04 Å². The number of hydrogen-bond donors (Lipinski definition) is 21. The van der Waals surface area contributed by atoms with Gasteiger partial charge in [-0.25, -0.2) is 4.79 Å². The lowest BCUT2D eigenvalue weighted by Crippen LogP contribution is -2.60. The van der Waals surface area contributed by atoms with Gasteiger partial charge in [-0.15, -0.1) is 0 Å². The number of carboxylic acid groups (broad SMARTS) is 1. The van der Waals surface area contributed by atoms with Gasteiger partial charge in [-0.3, -0.25) is 58.7 Å². The lowest BCUT2D eigenvalue weighted by Gasteiger charge is -2.28. The van der Waals surface area contributed by atoms with E-state index in [0.717, 1.165) is 0 Å². The number of nitrogens with two attached hydrogens (primary N) is 13. The molecule has 0 spiro atoms. The Labute approximate surface area is 468 Å². The van der Waals surface area contributed by atoms with Gasteiger partial charge in [0.15, 0.2) is 35.8 Å². The summed E-state index contributed by atoms with van der Waals surface area (Å²) in [6.07, 6.45) is 2.22. The van der Waals surface area contributed by atoms with Crippen molar-refractivity contribution in [1.82, 2.24) is 36.9 Å². The minimum Gasteiger partial charge on any atom is -0.480 e. The zero-order valence-electron chi connectivity index (χ0n) is 45.4. The summed E-state index contributed by atoms with van der Waals surface area (Å²) in [5.74, 6) is -7.67. The first-order chi connectivity index (χ1) is 38.4. The third kappa shape index (κ3) is 28.2. The van der Waals surface area contributed by atoms with Crippen LogP contribution < -0.4 is 106 Å². The van der Waals surface area contributed by atoms with Crippen LogP contribution in [0.5, 0.6) is 0 Å². The van der Waals surface area contributed by atoms with Crippen molar-refractivity contribution in [3.8, 4) is 0 Å². The number of carbonyl (C=O) groups excluding carboxylic acids is 6. The van der Waals surface area contributed by atoms with Crippen LogP contribution in [0.4, 0.5) is 0 Å². The number of rotatable bonds is 39. The summed E-state index contributed by atoms with van der Waals surface area (Å²) in [6, 6.07) is -2.39. The number of aliphatic carboxylic acids is 1. The van der Waals surface area contributed by atoms with Crippen LogP contribution in [0, 0.1) is 0 Å². The van der Waals surface area contributed by atoms with E-state index in [1.807, 2.05) is 0 Å². The van der Waals surface area contributed by atoms with Gasteiger partial charge in [0.25, 0.3) is 0 Å². The van der Waals surface area contributed by atoms with E-state index in [-0.39, 0.29) is 152 Å². The van der Waals surface area contributed by atoms with Crippen molar-refractivity contribution >= 4 is 88.1 Å². The predicted octanol–water partition coefficient (Wildman–Crippen LogP) is -7.65. The molecule has 34 N–H and O–H groups in total. The van der Waals surface area contributed by atoms with Crippen LogP contribution in [-0.2, 0) is 40.0 Å². The van der Waals surface area contributed by atoms with Gasteiger partial charge in [-0.1, -0.05) is 18.2 Å². The molecule has 81 heavy (non-hydrogen) atoms. The Balaban J connectivity index is 2.65. The van der Waals surface area contributed by atoms with Crippen LogP contribution in [-0.4, -0.2) is 169 Å². The number of carboxylic acids is 1. The molecular weight excluding hydrogens is 1060 g/mol. The van der Waals surface area contributed by atoms with Crippen LogP contribution in [0.1, 0.15) is 82.6 Å². The average Bonchev–Trinajstić information content (AvgIpc) is 3.85. The number of nitrogens with one attached hydrogen (secondary N) is 7. The Morgan fingerprint density at radius 1 is 0.407 bits per heavy atom. The summed E-state index contributed by atoms with van der Waals surface area (Å²) in [5, 5.41) is 26.6. The molecule has 34 nitrogen and oxygen atoms in total. The molecule has 450 valence electrons. The number of benzene rings is 1. The molecule has 0 aliphatic carbocycles. The molecule has 0 fully saturated rings. The zero-order valence-corrected chi connectivity index (χ0v) is 45.4. The van der Waals surface area contributed by atoms with Gasteiger partial charge in [0.1, 0.15) is 36.3 Å². The standard InChI is InChI=1S/C47H84N26O8/c48-27(10-3-17-61-42(49)50)35(74)68-29(12-4-18-62-43(51)52)36(75)70-32(15-7-21-65-46(57)58)39(78)73-34(23-25-24-67-28-11-2-1-9-26(25)28)40(79)71-30(13-5-19-63-44(53)54)37(76)69-31(14-6-20-64-45(55)56)38(77)72-33(41(80)81)16-8-22-66-47(59)60/h1-2,9,11,24,27,29-34,67H,3-8,10,12-23,48H2,(H,68,74)(H,69,76)(H,70,75)(H,71,79)(H,72,77)(H,73,78)(H,80,81)(H4,49,50,61)(H4,51,52,62)(H4,53,54,63)(H4,55,56,64)(H4,57,58,65)(H4,59,60,66)/t27-,29-,30-,31-,32-,33-,34-/m0/s1. The van der Waals surface area contributed by atoms with Crippen molar-refractivity contribution < 1.29 is 38.7 Å². The van der Waals surface area contributed by atoms with E-state index >= 15 is 0 Å². The molecule has 0 radical (unpaired) electrons. The fraction of sp³-hybridized carbons (Fsp3) is 0.553. The van der Waals surface area contributed by atoms with Crippen LogP contribution in [0.2, 0.25) is 0 Å². The Kier molecular flexibility index (Phi) is 30.7. The number of H-pyrrole nitrogens is 1. The van der Waals surface area contributed by atoms with Gasteiger partial charge in [0, 0.05) is 62.8 Å². The number of carbonyl (C=O) groups is 7. The third-order valence-corrected chi connectivity index (χ3v) is 11.9. The summed E-state index contributed by atoms with van der Waals surface area (Å²) in [7, 11) is 0. The minimum absolute atomic E-state index is 0.00237. The molecule has 0 unspecified atom stereocenters. The molecule has 2 aromatic rings. The topological polar surface area (TPSA) is 640 Å². The molecule has 0 aliphatic heterocycles. The Hall–Kier alpha value is -9.37. The number of para-hydroxylation sites is 1. The number of amides is 6. The van der Waals surface area contributed by atoms with Crippen molar-refractivity contribution in [2.24, 2.45) is 104 Å². The minimum atomic E-state index is -1.48. The number of guanidine groups is 6. The molecule has 0 saturated carbocycles. The second kappa shape index (κ2) is 36.7. The van der Waals surface area contributed by atoms with E-state index in [1.165, 1.54) is 0 Å². The number of aromatic amines is 1. The van der Waals surface area contributed by atoms with Crippen molar-refractivity contribution in [1.29, 1.82) is 0 Å². The quantitative estimate of drug-likeness (QED) is 0.0168. The highest BCUT2D eigenvalue weighted by Crippen LogP contribution is 2.20. The molecule has 2 rings (SSSR count). The van der Waals surface area contributed by atoms with Crippen molar-refractivity contribution in [2.75, 3.05) is 39.3 Å². The molecule has 6 amide bonds. The second-order valence-corrected chi connectivity index (χ2v) is 18.6. The van der Waals surface area contributed by atoms with Crippen molar-refractivity contribution in [3.05, 3.63) is 36.0 Å². The zero-order chi connectivity index (χ0) is 60.4. The highest BCUT2D eigenvalue weighted by atomic mass is 16.4. The molecule has 1 aromatic carbocycles. The van der Waals surface area contributed by atoms with Gasteiger partial charge in [-0.2, -0.15) is 0 Å². The van der Waals surface area contributed by atoms with Crippen molar-refractivity contribution in [3.63, 3.8) is 0 Å². The van der Waals surface area contributed by atoms with Gasteiger partial charge in [0.2, 0.25) is 35.4 Å². The third-order valence-electron chi connectivity index (χ3n) is 11.9. The van der Waals surface area contributed by atoms with Crippen LogP contribution >= 0.6 is 0 Å². The number of nitrogens with zero attached hydrogens (tertiary/aromatic N) is 6. The van der Waals surface area contributed by atoms with Crippen LogP contribution in [0.25, 0.3) is 10.9 Å². The summed E-state index contributed by atoms with van der Waals surface area (Å²) in [4.78, 5) is 125. The van der Waals surface area contributed by atoms with E-state index in [2.05, 4.69) is 66.8 Å². The fourth-order valence-electron chi connectivity index (χ4n) is 7.87. The maximum atomic E-state index is 14.8. The van der Waals surface area contributed by atoms with Gasteiger partial charge >= 0.3 is 5.97 Å². The number of aromatic nitrogens is 1. The summed E-state index contributed by atoms with van der Waals surface area (Å²) < 4.78 is 0. The number of aliphatic imine (C=N–C) groups is 6. The highest BCUT2D eigenvalue weighted by molar-refractivity contribution is 5.97. The smallest absolute Gasteiger partial charge is 0.326 e. The first-order valence-electron chi connectivity index (χ1n) is 26.1. The molecule has 7 atom stereocenters. The molecule has 34 heteroatoms. The Bertz CT molecular complexity index is 2540. The normalized spacial score (nSPS) is 13.3. The summed E-state index contributed by atoms with van der Waals surface area (Å²) in [5.41, 5.74) is 73.3. The Morgan fingerprint density at radius 2 is 0.691 bits per heavy atom. The molecule has 0 saturated heterocycles. The highest BCUT2D eigenvalue weighted by Gasteiger charge is 2.34. The first kappa shape index (κ1) is 67.7. The fourth-order valence-corrected chi connectivity index (χ4v) is 7.87. The lowest BCUT2D eigenvalue weighted by atomic mass is 10.0. The van der Waals surface area contributed by atoms with E-state index in [0.29, 0.717) is 22.9 Å². The lowest BCUT2D eigenvalue weighted by molar-refractivity contribution is -0.142. The second-order valence-electron chi connectivity index (χ2n) is 18.6. The predicted molar refractivity (Wildman–Crippen MR) is 309 cm³/mol. The summed E-state index contributed by atoms with van der Waals surface area (Å²) in [6.45, 7) is 0.393. The van der Waals surface area contributed by atoms with E-state index in [9.17, 15) is 38.7 Å². The molecule has 1 aromatic heterocycles. The number of fused-ring (bicyclic) bond motifs is 1. The van der Waals surface area contributed by atoms with Gasteiger partial charge in [-0.05, 0) is 88.7 Å². The molecule has 0 aliphatic rings. The summed E-state index contributed by atoms with van der Waals surface area (Å²) >= 11 is 0. The first-order valence-corrected chi connectivity index (χ1v) is 26.1. The van der Waals surface area contributed by atoms with Gasteiger partial charge < -0.3 is 117 Å². The molecule has 0 bridgehead atoms. The van der Waals surface area contributed by atoms with E-state index < -0.39 is 83.7 Å². The Morgan fingerprint density at radius 3 is 1.04 bits per heavy atom. The largest absolute Gasteiger partial charge is 0.480 e. The SMILES string of the molecule is NC(N)=NCCC[C@H](NC(=O)[C@H](CCCN=C(N)N)NC(=O)[C@H](CCCN=C(N)N)NC(=O)[C@H](Cc1c[nH]c2ccccc12)NC(=O)[C@H](CCCN=C(N)N)NC(=O)[C@H](CCCN=C(N)N)NC(=O)[C@@H](N)CCCN=C(N)N)C(=O)O. The van der Waals surface area contributed by atoms with E-state index in [1.54, 1.807) is 30.5 Å².